The van der Waals surface area contributed by atoms with E-state index < -0.39 is 0 Å². The number of nitrogens with zero attached hydrogens (tertiary/aromatic N) is 2. The summed E-state index contributed by atoms with van der Waals surface area (Å²) in [5.74, 6) is -0.0522. The molecule has 2 N–H and O–H groups in total. The van der Waals surface area contributed by atoms with Crippen molar-refractivity contribution >= 4 is 23.3 Å². The van der Waals surface area contributed by atoms with Gasteiger partial charge in [0.2, 0.25) is 0 Å². The molecule has 1 amide bonds. The van der Waals surface area contributed by atoms with Crippen molar-refractivity contribution in [3.8, 4) is 0 Å². The Labute approximate surface area is 155 Å². The Balaban J connectivity index is 1.52. The highest BCUT2D eigenvalue weighted by molar-refractivity contribution is 6.30. The van der Waals surface area contributed by atoms with Crippen molar-refractivity contribution in [1.29, 1.82) is 0 Å². The highest BCUT2D eigenvalue weighted by Gasteiger charge is 2.08. The van der Waals surface area contributed by atoms with E-state index >= 15 is 0 Å². The van der Waals surface area contributed by atoms with Crippen LogP contribution in [0.4, 0.5) is 10.2 Å². The van der Waals surface area contributed by atoms with Gasteiger partial charge in [-0.3, -0.25) is 4.79 Å². The summed E-state index contributed by atoms with van der Waals surface area (Å²) in [4.78, 5) is 12.1. The molecule has 2 aromatic carbocycles. The minimum absolute atomic E-state index is 0.228. The lowest BCUT2D eigenvalue weighted by molar-refractivity contribution is 0.0945. The van der Waals surface area contributed by atoms with Crippen molar-refractivity contribution in [2.24, 2.45) is 0 Å². The number of carbonyl (C=O) groups excluding carboxylic acids is 1. The molecular formula is C19H16ClFN4O. The standard InChI is InChI=1S/C19H16ClFN4O/c20-15-5-1-13(2-6-15)12-23-19(26)17-9-10-18(25-24-17)22-11-14-3-7-16(21)8-4-14/h1-10H,11-12H2,(H,22,25)(H,23,26). The van der Waals surface area contributed by atoms with Gasteiger partial charge in [0.05, 0.1) is 0 Å². The molecular weight excluding hydrogens is 355 g/mol. The first-order valence-electron chi connectivity index (χ1n) is 7.95. The maximum atomic E-state index is 12.9. The monoisotopic (exact) mass is 370 g/mol. The molecule has 1 aromatic heterocycles. The summed E-state index contributed by atoms with van der Waals surface area (Å²) >= 11 is 5.83. The molecule has 0 aliphatic carbocycles. The molecule has 0 unspecified atom stereocenters. The van der Waals surface area contributed by atoms with Crippen LogP contribution >= 0.6 is 11.6 Å². The van der Waals surface area contributed by atoms with Crippen LogP contribution in [0, 0.1) is 5.82 Å². The van der Waals surface area contributed by atoms with E-state index in [9.17, 15) is 9.18 Å². The van der Waals surface area contributed by atoms with E-state index in [1.807, 2.05) is 12.1 Å². The predicted molar refractivity (Wildman–Crippen MR) is 98.4 cm³/mol. The highest BCUT2D eigenvalue weighted by atomic mass is 35.5. The fourth-order valence-electron chi connectivity index (χ4n) is 2.22. The molecule has 0 radical (unpaired) electrons. The van der Waals surface area contributed by atoms with Gasteiger partial charge in [-0.1, -0.05) is 35.9 Å². The van der Waals surface area contributed by atoms with Crippen LogP contribution in [0.15, 0.2) is 60.7 Å². The van der Waals surface area contributed by atoms with E-state index in [1.54, 1.807) is 36.4 Å². The molecule has 26 heavy (non-hydrogen) atoms. The van der Waals surface area contributed by atoms with Crippen LogP contribution in [0.2, 0.25) is 5.02 Å². The molecule has 0 bridgehead atoms. The molecule has 0 aliphatic heterocycles. The first-order chi connectivity index (χ1) is 12.6. The molecule has 3 rings (SSSR count). The lowest BCUT2D eigenvalue weighted by atomic mass is 10.2. The fourth-order valence-corrected chi connectivity index (χ4v) is 2.34. The number of hydrogen-bond acceptors (Lipinski definition) is 4. The fraction of sp³-hybridized carbons (Fsp3) is 0.105. The van der Waals surface area contributed by atoms with Crippen LogP contribution in [-0.4, -0.2) is 16.1 Å². The van der Waals surface area contributed by atoms with Gasteiger partial charge in [-0.25, -0.2) is 4.39 Å². The van der Waals surface area contributed by atoms with Crippen molar-refractivity contribution < 1.29 is 9.18 Å². The second-order valence-corrected chi connectivity index (χ2v) is 6.03. The predicted octanol–water partition coefficient (Wildman–Crippen LogP) is 3.81. The number of hydrogen-bond donors (Lipinski definition) is 2. The lowest BCUT2D eigenvalue weighted by Crippen LogP contribution is -2.24. The quantitative estimate of drug-likeness (QED) is 0.692. The SMILES string of the molecule is O=C(NCc1ccc(Cl)cc1)c1ccc(NCc2ccc(F)cc2)nn1. The summed E-state index contributed by atoms with van der Waals surface area (Å²) in [5, 5.41) is 14.4. The summed E-state index contributed by atoms with van der Waals surface area (Å²) in [6.45, 7) is 0.860. The van der Waals surface area contributed by atoms with Crippen molar-refractivity contribution in [3.05, 3.63) is 88.3 Å². The molecule has 1 heterocycles. The number of benzene rings is 2. The zero-order chi connectivity index (χ0) is 18.4. The van der Waals surface area contributed by atoms with Gasteiger partial charge >= 0.3 is 0 Å². The van der Waals surface area contributed by atoms with Crippen LogP contribution in [0.3, 0.4) is 0 Å². The Hall–Kier alpha value is -2.99. The molecule has 5 nitrogen and oxygen atoms in total. The molecule has 7 heteroatoms. The minimum Gasteiger partial charge on any atom is -0.365 e. The van der Waals surface area contributed by atoms with Crippen molar-refractivity contribution in [1.82, 2.24) is 15.5 Å². The topological polar surface area (TPSA) is 66.9 Å². The van der Waals surface area contributed by atoms with Gasteiger partial charge in [-0.2, -0.15) is 0 Å². The number of halogens is 2. The van der Waals surface area contributed by atoms with Crippen LogP contribution < -0.4 is 10.6 Å². The molecule has 0 fully saturated rings. The minimum atomic E-state index is -0.308. The van der Waals surface area contributed by atoms with E-state index in [-0.39, 0.29) is 17.4 Å². The average molecular weight is 371 g/mol. The van der Waals surface area contributed by atoms with Crippen molar-refractivity contribution in [2.75, 3.05) is 5.32 Å². The van der Waals surface area contributed by atoms with Crippen LogP contribution in [0.1, 0.15) is 21.6 Å². The summed E-state index contributed by atoms with van der Waals surface area (Å²) in [6, 6.07) is 16.7. The normalized spacial score (nSPS) is 10.4. The maximum Gasteiger partial charge on any atom is 0.272 e. The van der Waals surface area contributed by atoms with Crippen LogP contribution in [0.5, 0.6) is 0 Å². The third kappa shape index (κ3) is 5.00. The second-order valence-electron chi connectivity index (χ2n) is 5.59. The largest absolute Gasteiger partial charge is 0.365 e. The Morgan fingerprint density at radius 1 is 0.885 bits per heavy atom. The van der Waals surface area contributed by atoms with E-state index in [1.165, 1.54) is 12.1 Å². The first kappa shape index (κ1) is 17.8. The second kappa shape index (κ2) is 8.40. The summed E-state index contributed by atoms with van der Waals surface area (Å²) in [6.07, 6.45) is 0. The van der Waals surface area contributed by atoms with Gasteiger partial charge in [0.1, 0.15) is 11.6 Å². The molecule has 0 saturated heterocycles. The van der Waals surface area contributed by atoms with Gasteiger partial charge in [-0.15, -0.1) is 10.2 Å². The molecule has 0 saturated carbocycles. The Morgan fingerprint density at radius 3 is 2.19 bits per heavy atom. The zero-order valence-electron chi connectivity index (χ0n) is 13.7. The van der Waals surface area contributed by atoms with E-state index in [4.69, 9.17) is 11.6 Å². The summed E-state index contributed by atoms with van der Waals surface area (Å²) in [5.41, 5.74) is 2.08. The maximum absolute atomic E-state index is 12.9. The van der Waals surface area contributed by atoms with Crippen molar-refractivity contribution in [3.63, 3.8) is 0 Å². The smallest absolute Gasteiger partial charge is 0.272 e. The number of carbonyl (C=O) groups is 1. The number of nitrogens with one attached hydrogen (secondary N) is 2. The van der Waals surface area contributed by atoms with Gasteiger partial charge in [0.25, 0.3) is 5.91 Å². The van der Waals surface area contributed by atoms with Gasteiger partial charge in [0.15, 0.2) is 5.69 Å². The van der Waals surface area contributed by atoms with Gasteiger partial charge in [-0.05, 0) is 47.5 Å². The molecule has 0 aliphatic rings. The number of amides is 1. The highest BCUT2D eigenvalue weighted by Crippen LogP contribution is 2.10. The first-order valence-corrected chi connectivity index (χ1v) is 8.32. The number of rotatable bonds is 6. The summed E-state index contributed by atoms with van der Waals surface area (Å²) in [7, 11) is 0. The summed E-state index contributed by atoms with van der Waals surface area (Å²) < 4.78 is 12.9. The third-order valence-corrected chi connectivity index (χ3v) is 3.90. The lowest BCUT2D eigenvalue weighted by Gasteiger charge is -2.07. The van der Waals surface area contributed by atoms with Gasteiger partial charge < -0.3 is 10.6 Å². The Morgan fingerprint density at radius 2 is 1.54 bits per heavy atom. The van der Waals surface area contributed by atoms with E-state index in [2.05, 4.69) is 20.8 Å². The Kier molecular flexibility index (Phi) is 5.76. The zero-order valence-corrected chi connectivity index (χ0v) is 14.5. The van der Waals surface area contributed by atoms with Gasteiger partial charge in [0, 0.05) is 18.1 Å². The van der Waals surface area contributed by atoms with Crippen LogP contribution in [0.25, 0.3) is 0 Å². The molecule has 0 spiro atoms. The van der Waals surface area contributed by atoms with E-state index in [0.29, 0.717) is 23.9 Å². The average Bonchev–Trinajstić information content (AvgIpc) is 2.67. The molecule has 0 atom stereocenters. The number of anilines is 1. The Bertz CT molecular complexity index is 868. The van der Waals surface area contributed by atoms with E-state index in [0.717, 1.165) is 11.1 Å². The van der Waals surface area contributed by atoms with Crippen molar-refractivity contribution in [2.45, 2.75) is 13.1 Å². The molecule has 132 valence electrons. The molecule has 3 aromatic rings. The van der Waals surface area contributed by atoms with Crippen LogP contribution in [-0.2, 0) is 13.1 Å². The third-order valence-electron chi connectivity index (χ3n) is 3.65. The number of aromatic nitrogens is 2.